The maximum absolute atomic E-state index is 6.90. The van der Waals surface area contributed by atoms with Gasteiger partial charge in [-0.05, 0) is 0 Å². The quantitative estimate of drug-likeness (QED) is 0.368. The minimum atomic E-state index is 0.785. The van der Waals surface area contributed by atoms with Gasteiger partial charge in [0, 0.05) is 18.3 Å². The molecule has 0 atom stereocenters. The Morgan fingerprint density at radius 1 is 1.78 bits per heavy atom. The molecular weight excluding hydrogens is 132 g/mol. The molecule has 1 rings (SSSR count). The molecular formula is C6H8N2S. The van der Waals surface area contributed by atoms with Crippen LogP contribution in [-0.2, 0) is 0 Å². The van der Waals surface area contributed by atoms with E-state index >= 15 is 0 Å². The van der Waals surface area contributed by atoms with Gasteiger partial charge in [0.15, 0.2) is 0 Å². The van der Waals surface area contributed by atoms with E-state index in [1.54, 1.807) is 0 Å². The van der Waals surface area contributed by atoms with Gasteiger partial charge in [-0.2, -0.15) is 0 Å². The summed E-state index contributed by atoms with van der Waals surface area (Å²) in [5.41, 5.74) is 0.838. The third-order valence-corrected chi connectivity index (χ3v) is 1.53. The topological polar surface area (TPSA) is 35.9 Å². The zero-order chi connectivity index (χ0) is 6.69. The summed E-state index contributed by atoms with van der Waals surface area (Å²) in [5.74, 6) is 0. The molecule has 2 nitrogen and oxygen atoms in total. The summed E-state index contributed by atoms with van der Waals surface area (Å²) in [6.45, 7) is 0.816. The van der Waals surface area contributed by atoms with Gasteiger partial charge >= 0.3 is 0 Å². The van der Waals surface area contributed by atoms with Gasteiger partial charge in [0.25, 0.3) is 0 Å². The Bertz CT molecular complexity index is 181. The minimum absolute atomic E-state index is 0.785. The molecule has 9 heavy (non-hydrogen) atoms. The van der Waals surface area contributed by atoms with Crippen molar-refractivity contribution in [2.45, 2.75) is 0 Å². The van der Waals surface area contributed by atoms with Crippen molar-refractivity contribution in [2.24, 2.45) is 0 Å². The van der Waals surface area contributed by atoms with E-state index in [4.69, 9.17) is 5.41 Å². The molecule has 0 amide bonds. The summed E-state index contributed by atoms with van der Waals surface area (Å²) >= 11 is 4.10. The van der Waals surface area contributed by atoms with Crippen LogP contribution in [0.5, 0.6) is 0 Å². The highest BCUT2D eigenvalue weighted by atomic mass is 32.1. The summed E-state index contributed by atoms with van der Waals surface area (Å²) in [4.78, 5) is 0. The second-order valence-electron chi connectivity index (χ2n) is 1.73. The fourth-order valence-corrected chi connectivity index (χ4v) is 0.869. The average molecular weight is 140 g/mol. The van der Waals surface area contributed by atoms with Crippen molar-refractivity contribution in [3.63, 3.8) is 0 Å². The third kappa shape index (κ3) is 1.36. The van der Waals surface area contributed by atoms with E-state index in [1.807, 2.05) is 12.2 Å². The lowest BCUT2D eigenvalue weighted by atomic mass is 10.2. The lowest BCUT2D eigenvalue weighted by Crippen LogP contribution is -2.14. The molecule has 0 aromatic heterocycles. The van der Waals surface area contributed by atoms with Crippen LogP contribution in [0.3, 0.4) is 0 Å². The van der Waals surface area contributed by atoms with Crippen molar-refractivity contribution in [2.75, 3.05) is 6.54 Å². The SMILES string of the molecule is N=CC1=C(S)NCC=C1. The Balaban J connectivity index is 2.84. The normalized spacial score (nSPS) is 17.4. The van der Waals surface area contributed by atoms with E-state index in [2.05, 4.69) is 17.9 Å². The van der Waals surface area contributed by atoms with E-state index in [0.717, 1.165) is 17.1 Å². The summed E-state index contributed by atoms with van der Waals surface area (Å²) in [6, 6.07) is 0. The number of hydrogen-bond acceptors (Lipinski definition) is 3. The van der Waals surface area contributed by atoms with E-state index in [1.165, 1.54) is 6.21 Å². The molecule has 0 saturated heterocycles. The average Bonchev–Trinajstić information content (AvgIpc) is 1.89. The van der Waals surface area contributed by atoms with Gasteiger partial charge < -0.3 is 10.7 Å². The molecule has 0 aromatic rings. The van der Waals surface area contributed by atoms with Gasteiger partial charge in [0.05, 0.1) is 5.03 Å². The monoisotopic (exact) mass is 140 g/mol. The molecule has 3 heteroatoms. The van der Waals surface area contributed by atoms with Crippen LogP contribution < -0.4 is 5.32 Å². The Morgan fingerprint density at radius 2 is 2.56 bits per heavy atom. The van der Waals surface area contributed by atoms with Crippen LogP contribution in [-0.4, -0.2) is 12.8 Å². The first kappa shape index (κ1) is 6.42. The molecule has 1 aliphatic heterocycles. The van der Waals surface area contributed by atoms with Gasteiger partial charge in [0.2, 0.25) is 0 Å². The molecule has 0 unspecified atom stereocenters. The highest BCUT2D eigenvalue weighted by molar-refractivity contribution is 7.84. The summed E-state index contributed by atoms with van der Waals surface area (Å²) < 4.78 is 0. The smallest absolute Gasteiger partial charge is 0.0741 e. The maximum atomic E-state index is 6.90. The molecule has 1 aliphatic rings. The number of nitrogens with one attached hydrogen (secondary N) is 2. The van der Waals surface area contributed by atoms with Crippen molar-refractivity contribution in [3.05, 3.63) is 22.8 Å². The maximum Gasteiger partial charge on any atom is 0.0741 e. The lowest BCUT2D eigenvalue weighted by Gasteiger charge is -2.08. The molecule has 0 aromatic carbocycles. The number of allylic oxidation sites excluding steroid dienone is 2. The van der Waals surface area contributed by atoms with Gasteiger partial charge in [-0.1, -0.05) is 12.2 Å². The van der Waals surface area contributed by atoms with Crippen LogP contribution in [0, 0.1) is 5.41 Å². The summed E-state index contributed by atoms with van der Waals surface area (Å²) in [5, 5.41) is 10.7. The van der Waals surface area contributed by atoms with E-state index < -0.39 is 0 Å². The number of rotatable bonds is 1. The summed E-state index contributed by atoms with van der Waals surface area (Å²) in [7, 11) is 0. The fraction of sp³-hybridized carbons (Fsp3) is 0.167. The lowest BCUT2D eigenvalue weighted by molar-refractivity contribution is 0.949. The molecule has 0 aliphatic carbocycles. The van der Waals surface area contributed by atoms with Gasteiger partial charge in [-0.15, -0.1) is 12.6 Å². The van der Waals surface area contributed by atoms with Gasteiger partial charge in [0.1, 0.15) is 0 Å². The van der Waals surface area contributed by atoms with Crippen LogP contribution >= 0.6 is 12.6 Å². The standard InChI is InChI=1S/C6H8N2S/c7-4-5-2-1-3-8-6(5)9/h1-2,4,7-9H,3H2. The molecule has 1 heterocycles. The zero-order valence-electron chi connectivity index (χ0n) is 4.89. The van der Waals surface area contributed by atoms with Crippen molar-refractivity contribution in [1.29, 1.82) is 5.41 Å². The van der Waals surface area contributed by atoms with Crippen molar-refractivity contribution in [1.82, 2.24) is 5.32 Å². The fourth-order valence-electron chi connectivity index (χ4n) is 0.639. The first-order valence-corrected chi connectivity index (χ1v) is 3.13. The zero-order valence-corrected chi connectivity index (χ0v) is 5.78. The summed E-state index contributed by atoms with van der Waals surface area (Å²) in [6.07, 6.45) is 5.12. The Kier molecular flexibility index (Phi) is 1.95. The van der Waals surface area contributed by atoms with Crippen molar-refractivity contribution < 1.29 is 0 Å². The second kappa shape index (κ2) is 2.73. The molecule has 0 fully saturated rings. The Labute approximate surface area is 59.6 Å². The third-order valence-electron chi connectivity index (χ3n) is 1.11. The predicted octanol–water partition coefficient (Wildman–Crippen LogP) is 0.937. The van der Waals surface area contributed by atoms with Crippen molar-refractivity contribution in [3.8, 4) is 0 Å². The van der Waals surface area contributed by atoms with E-state index in [9.17, 15) is 0 Å². The van der Waals surface area contributed by atoms with Crippen LogP contribution in [0.15, 0.2) is 22.8 Å². The molecule has 0 spiro atoms. The van der Waals surface area contributed by atoms with E-state index in [-0.39, 0.29) is 0 Å². The minimum Gasteiger partial charge on any atom is -0.376 e. The number of hydrogen-bond donors (Lipinski definition) is 3. The highest BCUT2D eigenvalue weighted by Gasteiger charge is 1.98. The Hall–Kier alpha value is -0.700. The number of thiol groups is 1. The van der Waals surface area contributed by atoms with E-state index in [0.29, 0.717) is 0 Å². The largest absolute Gasteiger partial charge is 0.376 e. The number of dihydropyridines is 1. The first-order valence-electron chi connectivity index (χ1n) is 2.68. The molecule has 0 saturated carbocycles. The molecule has 0 radical (unpaired) electrons. The van der Waals surface area contributed by atoms with Crippen molar-refractivity contribution >= 4 is 18.8 Å². The van der Waals surface area contributed by atoms with Crippen LogP contribution in [0.4, 0.5) is 0 Å². The molecule has 2 N–H and O–H groups in total. The van der Waals surface area contributed by atoms with Gasteiger partial charge in [-0.3, -0.25) is 0 Å². The van der Waals surface area contributed by atoms with Crippen LogP contribution in [0.1, 0.15) is 0 Å². The second-order valence-corrected chi connectivity index (χ2v) is 2.18. The van der Waals surface area contributed by atoms with Crippen LogP contribution in [0.2, 0.25) is 0 Å². The molecule has 48 valence electrons. The first-order chi connectivity index (χ1) is 4.34. The molecule has 0 bridgehead atoms. The van der Waals surface area contributed by atoms with Gasteiger partial charge in [-0.25, -0.2) is 0 Å². The highest BCUT2D eigenvalue weighted by Crippen LogP contribution is 2.07. The Morgan fingerprint density at radius 3 is 3.00 bits per heavy atom. The predicted molar refractivity (Wildman–Crippen MR) is 41.9 cm³/mol. The van der Waals surface area contributed by atoms with Crippen LogP contribution in [0.25, 0.3) is 0 Å².